The van der Waals surface area contributed by atoms with E-state index in [1.54, 1.807) is 17.0 Å². The van der Waals surface area contributed by atoms with E-state index in [0.29, 0.717) is 54.5 Å². The molecule has 2 aliphatic heterocycles. The van der Waals surface area contributed by atoms with Crippen LogP contribution in [0.5, 0.6) is 5.88 Å². The summed E-state index contributed by atoms with van der Waals surface area (Å²) in [4.78, 5) is 31.1. The summed E-state index contributed by atoms with van der Waals surface area (Å²) in [6.45, 7) is 1.41. The minimum Gasteiger partial charge on any atom is -0.481 e. The first kappa shape index (κ1) is 23.4. The summed E-state index contributed by atoms with van der Waals surface area (Å²) in [5.41, 5.74) is 2.50. The smallest absolute Gasteiger partial charge is 0.414 e. The van der Waals surface area contributed by atoms with Gasteiger partial charge in [-0.25, -0.2) is 14.2 Å². The third-order valence-electron chi connectivity index (χ3n) is 6.06. The van der Waals surface area contributed by atoms with Crippen LogP contribution in [0.2, 0.25) is 0 Å². The van der Waals surface area contributed by atoms with Gasteiger partial charge >= 0.3 is 6.09 Å². The van der Waals surface area contributed by atoms with Crippen molar-refractivity contribution in [1.82, 2.24) is 10.3 Å². The van der Waals surface area contributed by atoms with Crippen LogP contribution in [0, 0.1) is 5.82 Å². The van der Waals surface area contributed by atoms with E-state index in [9.17, 15) is 14.0 Å². The number of carbonyl (C=O) groups is 2. The quantitative estimate of drug-likeness (QED) is 0.449. The number of hydrogen-bond acceptors (Lipinski definition) is 7. The van der Waals surface area contributed by atoms with Crippen LogP contribution in [0.1, 0.15) is 18.4 Å². The number of rotatable bonds is 8. The molecule has 35 heavy (non-hydrogen) atoms. The second kappa shape index (κ2) is 10.1. The molecule has 1 atom stereocenters. The maximum absolute atomic E-state index is 14.5. The zero-order valence-electron chi connectivity index (χ0n) is 19.2. The molecule has 0 saturated carbocycles. The fourth-order valence-corrected chi connectivity index (χ4v) is 5.06. The van der Waals surface area contributed by atoms with Crippen LogP contribution in [-0.2, 0) is 16.1 Å². The lowest BCUT2D eigenvalue weighted by Crippen LogP contribution is -2.25. The first-order valence-corrected chi connectivity index (χ1v) is 12.4. The van der Waals surface area contributed by atoms with E-state index < -0.39 is 6.09 Å². The van der Waals surface area contributed by atoms with Crippen molar-refractivity contribution in [2.24, 2.45) is 0 Å². The van der Waals surface area contributed by atoms with E-state index in [1.807, 2.05) is 24.3 Å². The largest absolute Gasteiger partial charge is 0.481 e. The van der Waals surface area contributed by atoms with Crippen molar-refractivity contribution in [3.63, 3.8) is 0 Å². The maximum atomic E-state index is 14.5. The number of benzene rings is 2. The van der Waals surface area contributed by atoms with Gasteiger partial charge in [-0.15, -0.1) is 11.8 Å². The van der Waals surface area contributed by atoms with Crippen LogP contribution < -0.4 is 20.3 Å². The van der Waals surface area contributed by atoms with Gasteiger partial charge in [-0.1, -0.05) is 0 Å². The normalized spacial score (nSPS) is 17.3. The number of thioether (sulfide) groups is 1. The molecule has 3 heterocycles. The van der Waals surface area contributed by atoms with Gasteiger partial charge in [-0.3, -0.25) is 9.69 Å². The summed E-state index contributed by atoms with van der Waals surface area (Å²) >= 11 is 1.48. The highest BCUT2D eigenvalue weighted by atomic mass is 32.2. The molecule has 0 spiro atoms. The molecule has 0 unspecified atom stereocenters. The van der Waals surface area contributed by atoms with Gasteiger partial charge in [0.2, 0.25) is 11.8 Å². The van der Waals surface area contributed by atoms with Crippen molar-refractivity contribution < 1.29 is 23.5 Å². The minimum absolute atomic E-state index is 0.0488. The third-order valence-corrected chi connectivity index (χ3v) is 7.13. The maximum Gasteiger partial charge on any atom is 0.414 e. The molecule has 10 heteroatoms. The number of fused-ring (bicyclic) bond motifs is 2. The number of cyclic esters (lactones) is 1. The predicted molar refractivity (Wildman–Crippen MR) is 133 cm³/mol. The van der Waals surface area contributed by atoms with Crippen molar-refractivity contribution in [2.45, 2.75) is 30.4 Å². The van der Waals surface area contributed by atoms with E-state index in [0.717, 1.165) is 22.4 Å². The molecule has 0 bridgehead atoms. The van der Waals surface area contributed by atoms with Crippen molar-refractivity contribution in [3.8, 4) is 5.88 Å². The highest BCUT2D eigenvalue weighted by Gasteiger charge is 2.32. The second-order valence-corrected chi connectivity index (χ2v) is 9.42. The molecule has 1 fully saturated rings. The molecule has 3 aromatic rings. The lowest BCUT2D eigenvalue weighted by Gasteiger charge is -2.20. The van der Waals surface area contributed by atoms with Crippen LogP contribution in [0.15, 0.2) is 47.4 Å². The zero-order valence-corrected chi connectivity index (χ0v) is 20.0. The molecule has 182 valence electrons. The third kappa shape index (κ3) is 5.03. The Morgan fingerprint density at radius 2 is 2.11 bits per heavy atom. The Balaban J connectivity index is 1.14. The standard InChI is InChI=1S/C25H25FN4O4S/c1-33-23-9-5-15-4-7-19(26)18(24(15)29-23)12-27-10-2-3-17-13-30(25(32)34-17)16-6-8-21-20(11-16)28-22(31)14-35-21/h4-9,11,17,27H,2-3,10,12-14H2,1H3,(H,28,31)/t17-/m0/s1. The SMILES string of the molecule is COc1ccc2ccc(F)c(CNCCC[C@H]3CN(c4ccc5c(c4)NC(=O)CS5)C(=O)O3)c2n1. The number of amides is 2. The van der Waals surface area contributed by atoms with E-state index in [2.05, 4.69) is 15.6 Å². The fraction of sp³-hybridized carbons (Fsp3) is 0.320. The van der Waals surface area contributed by atoms with Crippen LogP contribution in [0.25, 0.3) is 10.9 Å². The van der Waals surface area contributed by atoms with Crippen molar-refractivity contribution in [2.75, 3.05) is 36.2 Å². The number of methoxy groups -OCH3 is 1. The number of nitrogens with zero attached hydrogens (tertiary/aromatic N) is 2. The number of nitrogens with one attached hydrogen (secondary N) is 2. The molecule has 0 aliphatic carbocycles. The van der Waals surface area contributed by atoms with Gasteiger partial charge in [0.05, 0.1) is 30.6 Å². The summed E-state index contributed by atoms with van der Waals surface area (Å²) in [6.07, 6.45) is 0.808. The number of ether oxygens (including phenoxy) is 2. The molecule has 2 amide bonds. The van der Waals surface area contributed by atoms with Gasteiger partial charge in [0.15, 0.2) is 0 Å². The summed E-state index contributed by atoms with van der Waals surface area (Å²) in [5, 5.41) is 6.97. The first-order chi connectivity index (χ1) is 17.0. The van der Waals surface area contributed by atoms with Crippen LogP contribution in [-0.4, -0.2) is 49.0 Å². The monoisotopic (exact) mass is 496 g/mol. The van der Waals surface area contributed by atoms with Crippen molar-refractivity contribution in [3.05, 3.63) is 53.8 Å². The summed E-state index contributed by atoms with van der Waals surface area (Å²) in [6, 6.07) is 12.4. The van der Waals surface area contributed by atoms with Crippen LogP contribution >= 0.6 is 11.8 Å². The lowest BCUT2D eigenvalue weighted by atomic mass is 10.1. The van der Waals surface area contributed by atoms with Crippen LogP contribution in [0.4, 0.5) is 20.6 Å². The van der Waals surface area contributed by atoms with Gasteiger partial charge in [0.1, 0.15) is 11.9 Å². The zero-order chi connectivity index (χ0) is 24.4. The highest BCUT2D eigenvalue weighted by molar-refractivity contribution is 8.00. The Labute approximate surface area is 206 Å². The average molecular weight is 497 g/mol. The van der Waals surface area contributed by atoms with Gasteiger partial charge in [-0.2, -0.15) is 0 Å². The Bertz CT molecular complexity index is 1290. The van der Waals surface area contributed by atoms with E-state index in [1.165, 1.54) is 24.9 Å². The number of hydrogen-bond donors (Lipinski definition) is 2. The molecule has 2 N–H and O–H groups in total. The number of carbonyl (C=O) groups excluding carboxylic acids is 2. The molecule has 2 aliphatic rings. The Kier molecular flexibility index (Phi) is 6.74. The van der Waals surface area contributed by atoms with Crippen LogP contribution in [0.3, 0.4) is 0 Å². The molecule has 0 radical (unpaired) electrons. The predicted octanol–water partition coefficient (Wildman–Crippen LogP) is 4.32. The number of anilines is 2. The molecule has 1 aromatic heterocycles. The Morgan fingerprint density at radius 1 is 1.26 bits per heavy atom. The molecule has 2 aromatic carbocycles. The molecule has 5 rings (SSSR count). The average Bonchev–Trinajstić information content (AvgIpc) is 3.24. The summed E-state index contributed by atoms with van der Waals surface area (Å²) in [7, 11) is 1.53. The van der Waals surface area contributed by atoms with Crippen molar-refractivity contribution >= 4 is 46.0 Å². The Morgan fingerprint density at radius 3 is 2.97 bits per heavy atom. The van der Waals surface area contributed by atoms with Crippen molar-refractivity contribution in [1.29, 1.82) is 0 Å². The minimum atomic E-state index is -0.393. The van der Waals surface area contributed by atoms with E-state index >= 15 is 0 Å². The van der Waals surface area contributed by atoms with Gasteiger partial charge < -0.3 is 20.1 Å². The number of halogens is 1. The van der Waals surface area contributed by atoms with E-state index in [4.69, 9.17) is 9.47 Å². The van der Waals surface area contributed by atoms with Gasteiger partial charge in [0.25, 0.3) is 0 Å². The molecular formula is C25H25FN4O4S. The molecule has 1 saturated heterocycles. The number of aromatic nitrogens is 1. The highest BCUT2D eigenvalue weighted by Crippen LogP contribution is 2.35. The van der Waals surface area contributed by atoms with Gasteiger partial charge in [-0.05, 0) is 55.8 Å². The topological polar surface area (TPSA) is 92.8 Å². The fourth-order valence-electron chi connectivity index (χ4n) is 4.28. The van der Waals surface area contributed by atoms with Gasteiger partial charge in [0, 0.05) is 34.1 Å². The second-order valence-electron chi connectivity index (χ2n) is 8.40. The summed E-state index contributed by atoms with van der Waals surface area (Å²) in [5.74, 6) is 0.474. The lowest BCUT2D eigenvalue weighted by molar-refractivity contribution is -0.113. The molecular weight excluding hydrogens is 471 g/mol. The Hall–Kier alpha value is -3.37. The summed E-state index contributed by atoms with van der Waals surface area (Å²) < 4.78 is 25.2. The molecule has 8 nitrogen and oxygen atoms in total. The van der Waals surface area contributed by atoms with E-state index in [-0.39, 0.29) is 17.8 Å². The first-order valence-electron chi connectivity index (χ1n) is 11.4. The number of pyridine rings is 1.